The van der Waals surface area contributed by atoms with E-state index in [1.165, 1.54) is 6.20 Å². The number of benzene rings is 1. The van der Waals surface area contributed by atoms with Crippen molar-refractivity contribution in [2.75, 3.05) is 5.73 Å². The van der Waals surface area contributed by atoms with Crippen LogP contribution >= 0.6 is 23.2 Å². The maximum atomic E-state index is 6.00. The molecule has 76 valence electrons. The van der Waals surface area contributed by atoms with Gasteiger partial charge in [-0.25, -0.2) is 9.97 Å². The summed E-state index contributed by atoms with van der Waals surface area (Å²) in [5.74, 6) is 0.726. The third-order valence-electron chi connectivity index (χ3n) is 1.89. The van der Waals surface area contributed by atoms with Gasteiger partial charge in [0.2, 0.25) is 0 Å². The summed E-state index contributed by atoms with van der Waals surface area (Å²) in [7, 11) is 0. The van der Waals surface area contributed by atoms with E-state index in [1.54, 1.807) is 6.07 Å². The monoisotopic (exact) mass is 239 g/mol. The molecule has 0 unspecified atom stereocenters. The van der Waals surface area contributed by atoms with Crippen molar-refractivity contribution in [2.24, 2.45) is 0 Å². The molecular weight excluding hydrogens is 233 g/mol. The molecule has 0 saturated carbocycles. The van der Waals surface area contributed by atoms with E-state index in [0.717, 1.165) is 5.56 Å². The van der Waals surface area contributed by atoms with Crippen molar-refractivity contribution in [3.05, 3.63) is 40.5 Å². The first-order valence-corrected chi connectivity index (χ1v) is 4.97. The molecule has 1 aromatic carbocycles. The summed E-state index contributed by atoms with van der Waals surface area (Å²) in [6, 6.07) is 7.29. The van der Waals surface area contributed by atoms with E-state index >= 15 is 0 Å². The first kappa shape index (κ1) is 10.2. The highest BCUT2D eigenvalue weighted by molar-refractivity contribution is 6.33. The SMILES string of the molecule is Nc1nc(-c2ccccc2Cl)ncc1Cl. The fourth-order valence-corrected chi connectivity index (χ4v) is 1.46. The van der Waals surface area contributed by atoms with Gasteiger partial charge in [-0.1, -0.05) is 35.3 Å². The minimum Gasteiger partial charge on any atom is -0.382 e. The van der Waals surface area contributed by atoms with Crippen LogP contribution in [0, 0.1) is 0 Å². The number of aromatic nitrogens is 2. The largest absolute Gasteiger partial charge is 0.382 e. The fraction of sp³-hybridized carbons (Fsp3) is 0. The molecule has 0 amide bonds. The van der Waals surface area contributed by atoms with Gasteiger partial charge < -0.3 is 5.73 Å². The number of halogens is 2. The molecular formula is C10H7Cl2N3. The second kappa shape index (κ2) is 4.04. The number of rotatable bonds is 1. The maximum Gasteiger partial charge on any atom is 0.163 e. The molecule has 0 aliphatic heterocycles. The normalized spacial score (nSPS) is 10.3. The standard InChI is InChI=1S/C10H7Cl2N3/c11-7-4-2-1-3-6(7)10-14-5-8(12)9(13)15-10/h1-5H,(H2,13,14,15). The van der Waals surface area contributed by atoms with Gasteiger partial charge in [0.1, 0.15) is 10.8 Å². The van der Waals surface area contributed by atoms with Crippen molar-refractivity contribution in [1.29, 1.82) is 0 Å². The molecule has 0 atom stereocenters. The molecule has 1 heterocycles. The van der Waals surface area contributed by atoms with Crippen LogP contribution in [0.4, 0.5) is 5.82 Å². The summed E-state index contributed by atoms with van der Waals surface area (Å²) in [5.41, 5.74) is 6.32. The Balaban J connectivity index is 2.55. The zero-order chi connectivity index (χ0) is 10.8. The molecule has 1 aromatic heterocycles. The molecule has 2 aromatic rings. The number of nitrogen functional groups attached to an aromatic ring is 1. The van der Waals surface area contributed by atoms with Gasteiger partial charge in [0.05, 0.1) is 11.2 Å². The molecule has 0 aliphatic carbocycles. The van der Waals surface area contributed by atoms with Crippen LogP contribution in [0.25, 0.3) is 11.4 Å². The molecule has 2 N–H and O–H groups in total. The molecule has 0 bridgehead atoms. The van der Waals surface area contributed by atoms with Gasteiger partial charge >= 0.3 is 0 Å². The number of hydrogen-bond donors (Lipinski definition) is 1. The van der Waals surface area contributed by atoms with E-state index in [0.29, 0.717) is 15.9 Å². The number of anilines is 1. The summed E-state index contributed by atoms with van der Waals surface area (Å²) in [6.07, 6.45) is 1.46. The smallest absolute Gasteiger partial charge is 0.163 e. The molecule has 5 heteroatoms. The zero-order valence-corrected chi connectivity index (χ0v) is 9.13. The van der Waals surface area contributed by atoms with Crippen LogP contribution in [0.15, 0.2) is 30.5 Å². The summed E-state index contributed by atoms with van der Waals surface area (Å²) in [5, 5.41) is 0.921. The molecule has 15 heavy (non-hydrogen) atoms. The number of hydrogen-bond acceptors (Lipinski definition) is 3. The van der Waals surface area contributed by atoms with Crippen molar-refractivity contribution in [1.82, 2.24) is 9.97 Å². The molecule has 2 rings (SSSR count). The van der Waals surface area contributed by atoms with Gasteiger partial charge in [0, 0.05) is 5.56 Å². The quantitative estimate of drug-likeness (QED) is 0.833. The Labute approximate surface area is 96.9 Å². The molecule has 0 spiro atoms. The Hall–Kier alpha value is -1.32. The second-order valence-electron chi connectivity index (χ2n) is 2.91. The highest BCUT2D eigenvalue weighted by Crippen LogP contribution is 2.26. The van der Waals surface area contributed by atoms with Crippen molar-refractivity contribution in [3.8, 4) is 11.4 Å². The highest BCUT2D eigenvalue weighted by Gasteiger charge is 2.07. The average molecular weight is 240 g/mol. The predicted molar refractivity (Wildman–Crippen MR) is 61.9 cm³/mol. The summed E-state index contributed by atoms with van der Waals surface area (Å²) in [6.45, 7) is 0. The van der Waals surface area contributed by atoms with E-state index in [-0.39, 0.29) is 5.82 Å². The van der Waals surface area contributed by atoms with E-state index in [9.17, 15) is 0 Å². The van der Waals surface area contributed by atoms with Gasteiger partial charge in [-0.05, 0) is 12.1 Å². The summed E-state index contributed by atoms with van der Waals surface area (Å²) < 4.78 is 0. The lowest BCUT2D eigenvalue weighted by Crippen LogP contribution is -1.96. The Bertz CT molecular complexity index is 500. The minimum atomic E-state index is 0.251. The van der Waals surface area contributed by atoms with Gasteiger partial charge in [-0.2, -0.15) is 0 Å². The zero-order valence-electron chi connectivity index (χ0n) is 7.61. The van der Waals surface area contributed by atoms with Gasteiger partial charge in [0.15, 0.2) is 5.82 Å². The number of nitrogens with two attached hydrogens (primary N) is 1. The van der Waals surface area contributed by atoms with Gasteiger partial charge in [0.25, 0.3) is 0 Å². The van der Waals surface area contributed by atoms with Crippen molar-refractivity contribution < 1.29 is 0 Å². The van der Waals surface area contributed by atoms with E-state index < -0.39 is 0 Å². The van der Waals surface area contributed by atoms with Gasteiger partial charge in [-0.3, -0.25) is 0 Å². The first-order chi connectivity index (χ1) is 7.18. The third-order valence-corrected chi connectivity index (χ3v) is 2.51. The Morgan fingerprint density at radius 1 is 1.07 bits per heavy atom. The predicted octanol–water partition coefficient (Wildman–Crippen LogP) is 3.03. The molecule has 0 saturated heterocycles. The van der Waals surface area contributed by atoms with Crippen LogP contribution in [-0.2, 0) is 0 Å². The lowest BCUT2D eigenvalue weighted by Gasteiger charge is -2.03. The van der Waals surface area contributed by atoms with Crippen LogP contribution in [0.5, 0.6) is 0 Å². The maximum absolute atomic E-state index is 6.00. The molecule has 0 aliphatic rings. The van der Waals surface area contributed by atoms with Crippen LogP contribution in [0.2, 0.25) is 10.0 Å². The minimum absolute atomic E-state index is 0.251. The Kier molecular flexibility index (Phi) is 2.75. The van der Waals surface area contributed by atoms with E-state index in [4.69, 9.17) is 28.9 Å². The van der Waals surface area contributed by atoms with Crippen LogP contribution in [0.1, 0.15) is 0 Å². The van der Waals surface area contributed by atoms with Crippen LogP contribution in [-0.4, -0.2) is 9.97 Å². The number of nitrogens with zero attached hydrogens (tertiary/aromatic N) is 2. The first-order valence-electron chi connectivity index (χ1n) is 4.21. The van der Waals surface area contributed by atoms with Crippen LogP contribution < -0.4 is 5.73 Å². The fourth-order valence-electron chi connectivity index (χ4n) is 1.15. The highest BCUT2D eigenvalue weighted by atomic mass is 35.5. The van der Waals surface area contributed by atoms with Crippen molar-refractivity contribution in [3.63, 3.8) is 0 Å². The van der Waals surface area contributed by atoms with Gasteiger partial charge in [-0.15, -0.1) is 0 Å². The topological polar surface area (TPSA) is 51.8 Å². The molecule has 0 fully saturated rings. The molecule has 3 nitrogen and oxygen atoms in total. The Morgan fingerprint density at radius 2 is 1.80 bits per heavy atom. The Morgan fingerprint density at radius 3 is 2.47 bits per heavy atom. The van der Waals surface area contributed by atoms with E-state index in [2.05, 4.69) is 9.97 Å². The van der Waals surface area contributed by atoms with E-state index in [1.807, 2.05) is 18.2 Å². The third kappa shape index (κ3) is 2.03. The van der Waals surface area contributed by atoms with Crippen molar-refractivity contribution in [2.45, 2.75) is 0 Å². The average Bonchev–Trinajstić information content (AvgIpc) is 2.23. The summed E-state index contributed by atoms with van der Waals surface area (Å²) >= 11 is 11.7. The summed E-state index contributed by atoms with van der Waals surface area (Å²) in [4.78, 5) is 8.12. The lowest BCUT2D eigenvalue weighted by molar-refractivity contribution is 1.18. The van der Waals surface area contributed by atoms with Crippen molar-refractivity contribution >= 4 is 29.0 Å². The lowest BCUT2D eigenvalue weighted by atomic mass is 10.2. The second-order valence-corrected chi connectivity index (χ2v) is 3.72. The van der Waals surface area contributed by atoms with Crippen LogP contribution in [0.3, 0.4) is 0 Å². The molecule has 0 radical (unpaired) electrons.